The van der Waals surface area contributed by atoms with E-state index < -0.39 is 30.0 Å². The van der Waals surface area contributed by atoms with Crippen molar-refractivity contribution in [2.45, 2.75) is 38.0 Å². The second kappa shape index (κ2) is 16.3. The van der Waals surface area contributed by atoms with Crippen molar-refractivity contribution in [1.82, 2.24) is 15.6 Å². The third-order valence-electron chi connectivity index (χ3n) is 8.31. The number of aromatic nitrogens is 1. The topological polar surface area (TPSA) is 213 Å². The fourth-order valence-corrected chi connectivity index (χ4v) is 5.74. The number of hydrogen-bond donors (Lipinski definition) is 5. The van der Waals surface area contributed by atoms with Gasteiger partial charge < -0.3 is 37.0 Å². The van der Waals surface area contributed by atoms with E-state index in [0.717, 1.165) is 21.9 Å². The number of hydrogen-bond acceptors (Lipinski definition) is 8. The van der Waals surface area contributed by atoms with Gasteiger partial charge >= 0.3 is 6.09 Å². The van der Waals surface area contributed by atoms with Gasteiger partial charge in [0.15, 0.2) is 17.3 Å². The van der Waals surface area contributed by atoms with Gasteiger partial charge in [-0.25, -0.2) is 14.8 Å². The first-order valence-corrected chi connectivity index (χ1v) is 16.7. The molecular formula is C39H38N8O5. The Labute approximate surface area is 298 Å². The summed E-state index contributed by atoms with van der Waals surface area (Å²) in [6.45, 7) is 0.245. The Balaban J connectivity index is 1.25. The summed E-state index contributed by atoms with van der Waals surface area (Å²) < 4.78 is 11.6. The fraction of sp³-hybridized carbons (Fsp3) is 0.179. The van der Waals surface area contributed by atoms with Crippen LogP contribution in [-0.2, 0) is 27.4 Å². The Hall–Kier alpha value is -6.76. The van der Waals surface area contributed by atoms with Gasteiger partial charge in [0.1, 0.15) is 29.9 Å². The molecule has 52 heavy (non-hydrogen) atoms. The van der Waals surface area contributed by atoms with Crippen molar-refractivity contribution >= 4 is 51.4 Å². The molecule has 8 N–H and O–H groups in total. The number of fused-ring (bicyclic) bond motifs is 4. The summed E-state index contributed by atoms with van der Waals surface area (Å²) in [5, 5.41) is 7.48. The molecule has 0 saturated heterocycles. The molecule has 2 atom stereocenters. The van der Waals surface area contributed by atoms with Crippen LogP contribution in [-0.4, -0.2) is 47.5 Å². The van der Waals surface area contributed by atoms with Gasteiger partial charge in [-0.1, -0.05) is 84.9 Å². The number of benzene rings is 5. The van der Waals surface area contributed by atoms with Gasteiger partial charge in [0.05, 0.1) is 5.36 Å². The van der Waals surface area contributed by atoms with Gasteiger partial charge in [-0.15, -0.1) is 0 Å². The number of carbonyl (C=O) groups excluding carboxylic acids is 3. The van der Waals surface area contributed by atoms with Gasteiger partial charge in [0, 0.05) is 41.6 Å². The third kappa shape index (κ3) is 8.87. The molecule has 3 amide bonds. The van der Waals surface area contributed by atoms with E-state index in [1.165, 1.54) is 0 Å². The lowest BCUT2D eigenvalue weighted by Gasteiger charge is -2.22. The van der Waals surface area contributed by atoms with Crippen molar-refractivity contribution in [2.75, 3.05) is 12.3 Å². The summed E-state index contributed by atoms with van der Waals surface area (Å²) in [5.74, 6) is -0.907. The molecule has 13 nitrogen and oxygen atoms in total. The molecule has 0 bridgehead atoms. The van der Waals surface area contributed by atoms with E-state index in [2.05, 4.69) is 20.6 Å². The monoisotopic (exact) mass is 698 g/mol. The number of nitrogens with one attached hydrogen (secondary N) is 2. The molecule has 0 radical (unpaired) electrons. The normalized spacial score (nSPS) is 12.7. The largest absolute Gasteiger partial charge is 0.453 e. The SMILES string of the molecule is NC(N)=NCCCC(NC(=O)C(Cc1ccccc1)NC(=O)OCc1ccccc1)C(=O)N=c1ccc2nc3c(cc(N)c4ccccc43)oc-2c1. The van der Waals surface area contributed by atoms with Gasteiger partial charge in [0.2, 0.25) is 5.91 Å². The summed E-state index contributed by atoms with van der Waals surface area (Å²) in [6.07, 6.45) is -0.112. The van der Waals surface area contributed by atoms with Crippen LogP contribution in [0.4, 0.5) is 10.5 Å². The quantitative estimate of drug-likeness (QED) is 0.0309. The van der Waals surface area contributed by atoms with Crippen molar-refractivity contribution < 1.29 is 23.5 Å². The minimum absolute atomic E-state index is 0.0183. The number of nitrogen functional groups attached to an aromatic ring is 1. The summed E-state index contributed by atoms with van der Waals surface area (Å²) in [5.41, 5.74) is 21.1. The maximum atomic E-state index is 13.8. The van der Waals surface area contributed by atoms with Crippen molar-refractivity contribution in [3.63, 3.8) is 0 Å². The number of alkyl carbamates (subject to hydrolysis) is 1. The Bertz CT molecular complexity index is 2270. The molecule has 2 unspecified atom stereocenters. The number of aliphatic imine (C=N–C) groups is 1. The zero-order valence-electron chi connectivity index (χ0n) is 28.2. The highest BCUT2D eigenvalue weighted by atomic mass is 16.5. The summed E-state index contributed by atoms with van der Waals surface area (Å²) in [4.78, 5) is 53.5. The molecule has 6 rings (SSSR count). The minimum Gasteiger partial charge on any atom is -0.453 e. The molecule has 1 heterocycles. The summed E-state index contributed by atoms with van der Waals surface area (Å²) in [6, 6.07) is 30.6. The molecule has 2 aliphatic rings. The van der Waals surface area contributed by atoms with Crippen LogP contribution in [0.25, 0.3) is 33.3 Å². The second-order valence-electron chi connectivity index (χ2n) is 12.1. The number of guanidine groups is 1. The lowest BCUT2D eigenvalue weighted by atomic mass is 10.0. The highest BCUT2D eigenvalue weighted by Crippen LogP contribution is 2.32. The molecule has 0 spiro atoms. The average molecular weight is 699 g/mol. The molecule has 264 valence electrons. The lowest BCUT2D eigenvalue weighted by molar-refractivity contribution is -0.128. The van der Waals surface area contributed by atoms with E-state index in [4.69, 9.17) is 31.3 Å². The summed E-state index contributed by atoms with van der Waals surface area (Å²) >= 11 is 0. The molecular weight excluding hydrogens is 660 g/mol. The number of anilines is 1. The molecule has 4 aromatic carbocycles. The zero-order valence-corrected chi connectivity index (χ0v) is 28.2. The molecule has 1 aliphatic heterocycles. The Morgan fingerprint density at radius 3 is 2.23 bits per heavy atom. The number of nitrogens with zero attached hydrogens (tertiary/aromatic N) is 3. The number of rotatable bonds is 12. The van der Waals surface area contributed by atoms with Crippen LogP contribution in [0.1, 0.15) is 24.0 Å². The van der Waals surface area contributed by atoms with Crippen LogP contribution in [0.15, 0.2) is 124 Å². The third-order valence-corrected chi connectivity index (χ3v) is 8.31. The zero-order chi connectivity index (χ0) is 36.5. The van der Waals surface area contributed by atoms with Gasteiger partial charge in [-0.05, 0) is 36.1 Å². The molecule has 13 heteroatoms. The van der Waals surface area contributed by atoms with E-state index in [-0.39, 0.29) is 32.0 Å². The molecule has 0 fully saturated rings. The van der Waals surface area contributed by atoms with Gasteiger partial charge in [0.25, 0.3) is 5.91 Å². The predicted molar refractivity (Wildman–Crippen MR) is 199 cm³/mol. The van der Waals surface area contributed by atoms with Crippen LogP contribution in [0, 0.1) is 0 Å². The van der Waals surface area contributed by atoms with Gasteiger partial charge in [-0.2, -0.15) is 0 Å². The molecule has 0 aromatic heterocycles. The Morgan fingerprint density at radius 2 is 1.50 bits per heavy atom. The Kier molecular flexibility index (Phi) is 11.0. The highest BCUT2D eigenvalue weighted by molar-refractivity contribution is 6.09. The van der Waals surface area contributed by atoms with Crippen LogP contribution in [0.2, 0.25) is 0 Å². The first kappa shape index (κ1) is 35.1. The number of nitrogens with two attached hydrogens (primary N) is 3. The molecule has 4 aromatic rings. The van der Waals surface area contributed by atoms with Crippen molar-refractivity contribution in [3.8, 4) is 11.5 Å². The van der Waals surface area contributed by atoms with E-state index in [1.54, 1.807) is 24.3 Å². The average Bonchev–Trinajstić information content (AvgIpc) is 3.15. The standard InChI is InChI=1S/C39H38N8O5/c40-29-22-34-35(28-15-8-7-14-27(28)29)45-30-18-17-26(21-33(30)52-34)44-36(48)31(16-9-19-43-38(41)42)46-37(49)32(20-24-10-3-1-4-11-24)47-39(50)51-23-25-12-5-2-6-13-25/h1-8,10-15,17-18,21-22,31-32H,9,16,19-20,23,40H2,(H,46,49)(H,47,50)(H4,41,42,43). The van der Waals surface area contributed by atoms with Crippen molar-refractivity contribution in [2.24, 2.45) is 21.5 Å². The number of carbonyl (C=O) groups is 3. The van der Waals surface area contributed by atoms with E-state index in [1.807, 2.05) is 84.9 Å². The smallest absolute Gasteiger partial charge is 0.408 e. The first-order valence-electron chi connectivity index (χ1n) is 16.7. The minimum atomic E-state index is -1.07. The first-order chi connectivity index (χ1) is 25.2. The maximum absolute atomic E-state index is 13.8. The van der Waals surface area contributed by atoms with Crippen molar-refractivity contribution in [3.05, 3.63) is 126 Å². The van der Waals surface area contributed by atoms with Crippen LogP contribution in [0.3, 0.4) is 0 Å². The van der Waals surface area contributed by atoms with E-state index in [0.29, 0.717) is 40.0 Å². The highest BCUT2D eigenvalue weighted by Gasteiger charge is 2.27. The van der Waals surface area contributed by atoms with Crippen LogP contribution in [0.5, 0.6) is 0 Å². The maximum Gasteiger partial charge on any atom is 0.408 e. The number of amides is 3. The van der Waals surface area contributed by atoms with Crippen molar-refractivity contribution in [1.29, 1.82) is 0 Å². The van der Waals surface area contributed by atoms with E-state index >= 15 is 0 Å². The Morgan fingerprint density at radius 1 is 0.808 bits per heavy atom. The molecule has 1 aliphatic carbocycles. The lowest BCUT2D eigenvalue weighted by Crippen LogP contribution is -2.52. The van der Waals surface area contributed by atoms with Crippen LogP contribution >= 0.6 is 0 Å². The second-order valence-corrected chi connectivity index (χ2v) is 12.1. The van der Waals surface area contributed by atoms with Crippen LogP contribution < -0.4 is 33.2 Å². The predicted octanol–water partition coefficient (Wildman–Crippen LogP) is 4.17. The fourth-order valence-electron chi connectivity index (χ4n) is 5.74. The molecule has 0 saturated carbocycles. The van der Waals surface area contributed by atoms with Gasteiger partial charge in [-0.3, -0.25) is 14.6 Å². The summed E-state index contributed by atoms with van der Waals surface area (Å²) in [7, 11) is 0. The van der Waals surface area contributed by atoms with E-state index in [9.17, 15) is 14.4 Å². The number of ether oxygens (including phenoxy) is 1.